The molecule has 0 radical (unpaired) electrons. The van der Waals surface area contributed by atoms with Crippen LogP contribution >= 0.6 is 0 Å². The first kappa shape index (κ1) is 20.7. The number of likely N-dealkylation sites (tertiary alicyclic amines) is 1. The molecule has 1 saturated heterocycles. The van der Waals surface area contributed by atoms with Gasteiger partial charge in [-0.25, -0.2) is 8.42 Å². The smallest absolute Gasteiger partial charge is 0.232 e. The number of nitrogens with one attached hydrogen (secondary N) is 1. The highest BCUT2D eigenvalue weighted by Crippen LogP contribution is 2.40. The molecule has 0 saturated carbocycles. The lowest BCUT2D eigenvalue weighted by atomic mass is 10.0. The number of rotatable bonds is 4. The van der Waals surface area contributed by atoms with Crippen LogP contribution in [0.15, 0.2) is 42.2 Å². The molecule has 0 bridgehead atoms. The first-order chi connectivity index (χ1) is 15.3. The normalized spacial score (nSPS) is 18.9. The first-order valence-corrected chi connectivity index (χ1v) is 12.4. The molecule has 2 aliphatic rings. The van der Waals surface area contributed by atoms with Crippen LogP contribution in [0.1, 0.15) is 34.5 Å². The number of allylic oxidation sites excluding steroid dienone is 1. The predicted octanol–water partition coefficient (Wildman–Crippen LogP) is 2.89. The number of phenols is 1. The predicted molar refractivity (Wildman–Crippen MR) is 120 cm³/mol. The van der Waals surface area contributed by atoms with E-state index in [9.17, 15) is 18.3 Å². The van der Waals surface area contributed by atoms with E-state index < -0.39 is 9.84 Å². The molecule has 0 aliphatic carbocycles. The molecule has 0 amide bonds. The van der Waals surface area contributed by atoms with Gasteiger partial charge in [0, 0.05) is 24.3 Å². The number of ketones is 1. The Morgan fingerprint density at radius 3 is 2.72 bits per heavy atom. The molecule has 0 atom stereocenters. The number of carbonyl (C=O) groups is 1. The number of H-pyrrole nitrogens is 1. The summed E-state index contributed by atoms with van der Waals surface area (Å²) in [5.41, 5.74) is 2.39. The van der Waals surface area contributed by atoms with Gasteiger partial charge in [0.15, 0.2) is 5.76 Å². The van der Waals surface area contributed by atoms with Gasteiger partial charge in [-0.15, -0.1) is 0 Å². The molecule has 0 spiro atoms. The van der Waals surface area contributed by atoms with Crippen LogP contribution in [0.2, 0.25) is 0 Å². The SMILES string of the molecule is CS(=O)(=O)C1CCN(Cc2c(O)ccc3c2O/C(=C\c2n[nH]c4ccccc24)C3=O)CC1. The molecule has 3 aromatic rings. The lowest BCUT2D eigenvalue weighted by molar-refractivity contribution is 0.101. The molecule has 2 aromatic carbocycles. The Morgan fingerprint density at radius 1 is 1.22 bits per heavy atom. The van der Waals surface area contributed by atoms with Crippen molar-refractivity contribution in [1.29, 1.82) is 0 Å². The summed E-state index contributed by atoms with van der Waals surface area (Å²) in [6.07, 6.45) is 3.98. The lowest BCUT2D eigenvalue weighted by Gasteiger charge is -2.31. The van der Waals surface area contributed by atoms with E-state index in [-0.39, 0.29) is 22.5 Å². The third kappa shape index (κ3) is 3.67. The summed E-state index contributed by atoms with van der Waals surface area (Å²) in [6, 6.07) is 10.7. The highest BCUT2D eigenvalue weighted by atomic mass is 32.2. The second-order valence-corrected chi connectivity index (χ2v) is 10.7. The van der Waals surface area contributed by atoms with Gasteiger partial charge in [-0.05, 0) is 44.1 Å². The van der Waals surface area contributed by atoms with Gasteiger partial charge in [0.1, 0.15) is 21.3 Å². The number of phenolic OH excluding ortho intramolecular Hbond substituents is 1. The number of sulfone groups is 1. The Morgan fingerprint density at radius 2 is 1.97 bits per heavy atom. The van der Waals surface area contributed by atoms with Crippen LogP contribution in [0.25, 0.3) is 17.0 Å². The Balaban J connectivity index is 1.41. The zero-order chi connectivity index (χ0) is 22.5. The number of aromatic hydroxyl groups is 1. The lowest BCUT2D eigenvalue weighted by Crippen LogP contribution is -2.38. The van der Waals surface area contributed by atoms with Crippen LogP contribution < -0.4 is 4.74 Å². The fraction of sp³-hybridized carbons (Fsp3) is 0.304. The van der Waals surface area contributed by atoms with Crippen LogP contribution in [0.5, 0.6) is 11.5 Å². The number of nitrogens with zero attached hydrogens (tertiary/aromatic N) is 2. The molecular formula is C23H23N3O5S. The monoisotopic (exact) mass is 453 g/mol. The highest BCUT2D eigenvalue weighted by molar-refractivity contribution is 7.91. The van der Waals surface area contributed by atoms with Crippen LogP contribution in [0.4, 0.5) is 0 Å². The number of carbonyl (C=O) groups excluding carboxylic acids is 1. The maximum atomic E-state index is 13.0. The van der Waals surface area contributed by atoms with Crippen molar-refractivity contribution >= 4 is 32.6 Å². The maximum absolute atomic E-state index is 13.0. The fourth-order valence-electron chi connectivity index (χ4n) is 4.39. The zero-order valence-corrected chi connectivity index (χ0v) is 18.4. The average Bonchev–Trinajstić information content (AvgIpc) is 3.32. The molecule has 0 unspecified atom stereocenters. The van der Waals surface area contributed by atoms with Crippen molar-refractivity contribution in [2.75, 3.05) is 19.3 Å². The maximum Gasteiger partial charge on any atom is 0.232 e. The number of fused-ring (bicyclic) bond motifs is 2. The molecule has 166 valence electrons. The number of aromatic amines is 1. The van der Waals surface area contributed by atoms with Crippen molar-refractivity contribution in [2.45, 2.75) is 24.6 Å². The fourth-order valence-corrected chi connectivity index (χ4v) is 5.45. The molecule has 3 heterocycles. The average molecular weight is 454 g/mol. The van der Waals surface area contributed by atoms with Crippen molar-refractivity contribution in [1.82, 2.24) is 15.1 Å². The number of aromatic nitrogens is 2. The molecule has 1 fully saturated rings. The minimum absolute atomic E-state index is 0.0493. The molecule has 2 N–H and O–H groups in total. The summed E-state index contributed by atoms with van der Waals surface area (Å²) in [4.78, 5) is 15.1. The highest BCUT2D eigenvalue weighted by Gasteiger charge is 2.33. The van der Waals surface area contributed by atoms with E-state index in [0.717, 1.165) is 10.9 Å². The molecular weight excluding hydrogens is 430 g/mol. The van der Waals surface area contributed by atoms with Gasteiger partial charge in [0.05, 0.1) is 27.6 Å². The first-order valence-electron chi connectivity index (χ1n) is 10.4. The minimum Gasteiger partial charge on any atom is -0.507 e. The van der Waals surface area contributed by atoms with Crippen LogP contribution in [0, 0.1) is 0 Å². The van der Waals surface area contributed by atoms with E-state index in [2.05, 4.69) is 15.1 Å². The molecule has 1 aromatic heterocycles. The van der Waals surface area contributed by atoms with Crippen LogP contribution in [-0.2, 0) is 16.4 Å². The van der Waals surface area contributed by atoms with E-state index in [1.165, 1.54) is 12.3 Å². The number of para-hydroxylation sites is 1. The van der Waals surface area contributed by atoms with Gasteiger partial charge in [-0.3, -0.25) is 14.8 Å². The number of Topliss-reactive ketones (excluding diaryl/α,β-unsaturated/α-hetero) is 1. The van der Waals surface area contributed by atoms with Crippen LogP contribution in [0.3, 0.4) is 0 Å². The van der Waals surface area contributed by atoms with Gasteiger partial charge in [0.2, 0.25) is 5.78 Å². The summed E-state index contributed by atoms with van der Waals surface area (Å²) in [7, 11) is -3.06. The van der Waals surface area contributed by atoms with E-state index in [1.807, 2.05) is 24.3 Å². The number of ether oxygens (including phenoxy) is 1. The summed E-state index contributed by atoms with van der Waals surface area (Å²) < 4.78 is 29.6. The molecule has 32 heavy (non-hydrogen) atoms. The Kier molecular flexibility index (Phi) is 5.02. The van der Waals surface area contributed by atoms with Gasteiger partial charge >= 0.3 is 0 Å². The Labute approximate surface area is 185 Å². The van der Waals surface area contributed by atoms with Gasteiger partial charge in [-0.1, -0.05) is 18.2 Å². The third-order valence-corrected chi connectivity index (χ3v) is 7.89. The quantitative estimate of drug-likeness (QED) is 0.584. The van der Waals surface area contributed by atoms with E-state index in [4.69, 9.17) is 4.74 Å². The van der Waals surface area contributed by atoms with E-state index in [1.54, 1.807) is 12.1 Å². The number of benzene rings is 2. The van der Waals surface area contributed by atoms with Gasteiger partial charge < -0.3 is 9.84 Å². The number of hydrogen-bond donors (Lipinski definition) is 2. The topological polar surface area (TPSA) is 113 Å². The molecule has 8 nitrogen and oxygen atoms in total. The van der Waals surface area contributed by atoms with E-state index >= 15 is 0 Å². The van der Waals surface area contributed by atoms with E-state index in [0.29, 0.717) is 55.0 Å². The summed E-state index contributed by atoms with van der Waals surface area (Å²) >= 11 is 0. The standard InChI is InChI=1S/C23H23N3O5S/c1-32(29,30)14-8-10-26(11-9-14)13-17-20(27)7-6-16-22(28)21(31-23(16)17)12-19-15-4-2-3-5-18(15)24-25-19/h2-7,12,14,27H,8-11,13H2,1H3,(H,24,25)/b21-12-. The van der Waals surface area contributed by atoms with Gasteiger partial charge in [0.25, 0.3) is 0 Å². The second kappa shape index (κ2) is 7.75. The second-order valence-electron chi connectivity index (χ2n) is 8.34. The molecule has 2 aliphatic heterocycles. The summed E-state index contributed by atoms with van der Waals surface area (Å²) in [6.45, 7) is 1.56. The largest absolute Gasteiger partial charge is 0.507 e. The Hall–Kier alpha value is -3.17. The number of piperidine rings is 1. The van der Waals surface area contributed by atoms with Crippen molar-refractivity contribution < 1.29 is 23.1 Å². The van der Waals surface area contributed by atoms with Crippen LogP contribution in [-0.4, -0.2) is 59.0 Å². The molecule has 9 heteroatoms. The number of hydrogen-bond acceptors (Lipinski definition) is 7. The van der Waals surface area contributed by atoms with Gasteiger partial charge in [-0.2, -0.15) is 5.10 Å². The van der Waals surface area contributed by atoms with Crippen molar-refractivity contribution in [2.24, 2.45) is 0 Å². The van der Waals surface area contributed by atoms with Crippen molar-refractivity contribution in [3.8, 4) is 11.5 Å². The Bertz CT molecular complexity index is 1350. The van der Waals surface area contributed by atoms with Crippen molar-refractivity contribution in [3.63, 3.8) is 0 Å². The third-order valence-electron chi connectivity index (χ3n) is 6.21. The minimum atomic E-state index is -3.06. The van der Waals surface area contributed by atoms with Crippen molar-refractivity contribution in [3.05, 3.63) is 59.0 Å². The summed E-state index contributed by atoms with van der Waals surface area (Å²) in [5, 5.41) is 18.3. The summed E-state index contributed by atoms with van der Waals surface area (Å²) in [5.74, 6) is 0.295. The molecule has 5 rings (SSSR count). The zero-order valence-electron chi connectivity index (χ0n) is 17.5.